The molecule has 0 radical (unpaired) electrons. The highest BCUT2D eigenvalue weighted by Crippen LogP contribution is 2.48. The van der Waals surface area contributed by atoms with E-state index in [2.05, 4.69) is 79.7 Å². The van der Waals surface area contributed by atoms with Crippen molar-refractivity contribution in [2.24, 2.45) is 5.92 Å². The normalized spacial score (nSPS) is 14.5. The molecule has 0 aromatic heterocycles. The number of rotatable bonds is 12. The van der Waals surface area contributed by atoms with Crippen molar-refractivity contribution in [1.29, 1.82) is 0 Å². The van der Waals surface area contributed by atoms with Crippen LogP contribution in [0.15, 0.2) is 121 Å². The third kappa shape index (κ3) is 7.74. The predicted molar refractivity (Wildman–Crippen MR) is 191 cm³/mol. The van der Waals surface area contributed by atoms with Crippen LogP contribution in [0.5, 0.6) is 23.0 Å². The van der Waals surface area contributed by atoms with E-state index in [9.17, 15) is 0 Å². The number of nitrogen functional groups attached to an aromatic ring is 2. The molecule has 1 fully saturated rings. The largest absolute Gasteiger partial charge is 0.457 e. The topological polar surface area (TPSA) is 70.5 Å². The zero-order valence-corrected chi connectivity index (χ0v) is 27.0. The summed E-state index contributed by atoms with van der Waals surface area (Å²) in [6.45, 7) is 2.27. The zero-order chi connectivity index (χ0) is 31.8. The highest BCUT2D eigenvalue weighted by molar-refractivity contribution is 5.47. The second kappa shape index (κ2) is 14.6. The molecule has 5 aromatic rings. The van der Waals surface area contributed by atoms with Crippen molar-refractivity contribution < 1.29 is 9.47 Å². The minimum Gasteiger partial charge on any atom is -0.457 e. The van der Waals surface area contributed by atoms with Crippen LogP contribution < -0.4 is 20.9 Å². The van der Waals surface area contributed by atoms with Crippen LogP contribution in [0, 0.1) is 5.92 Å². The fourth-order valence-electron chi connectivity index (χ4n) is 6.90. The molecular formula is C42H46N2O2. The Balaban J connectivity index is 1.19. The van der Waals surface area contributed by atoms with Crippen LogP contribution in [0.25, 0.3) is 0 Å². The van der Waals surface area contributed by atoms with Crippen LogP contribution in [0.4, 0.5) is 11.4 Å². The van der Waals surface area contributed by atoms with Gasteiger partial charge in [0.2, 0.25) is 0 Å². The zero-order valence-electron chi connectivity index (χ0n) is 27.0. The molecular weight excluding hydrogens is 564 g/mol. The summed E-state index contributed by atoms with van der Waals surface area (Å²) in [6.07, 6.45) is 10.8. The molecule has 236 valence electrons. The molecule has 4 N–H and O–H groups in total. The lowest BCUT2D eigenvalue weighted by atomic mass is 9.62. The number of ether oxygens (including phenoxy) is 2. The maximum Gasteiger partial charge on any atom is 0.127 e. The van der Waals surface area contributed by atoms with Crippen molar-refractivity contribution in [2.45, 2.75) is 70.1 Å². The smallest absolute Gasteiger partial charge is 0.127 e. The van der Waals surface area contributed by atoms with Gasteiger partial charge in [0.15, 0.2) is 0 Å². The summed E-state index contributed by atoms with van der Waals surface area (Å²) < 4.78 is 12.3. The molecule has 0 heterocycles. The average Bonchev–Trinajstić information content (AvgIpc) is 3.09. The van der Waals surface area contributed by atoms with E-state index < -0.39 is 0 Å². The van der Waals surface area contributed by atoms with Crippen molar-refractivity contribution in [3.8, 4) is 23.0 Å². The highest BCUT2D eigenvalue weighted by Gasteiger charge is 2.38. The second-order valence-corrected chi connectivity index (χ2v) is 12.9. The van der Waals surface area contributed by atoms with E-state index in [-0.39, 0.29) is 5.41 Å². The Kier molecular flexibility index (Phi) is 9.93. The molecule has 0 aliphatic heterocycles. The average molecular weight is 611 g/mol. The van der Waals surface area contributed by atoms with E-state index in [1.807, 2.05) is 48.5 Å². The van der Waals surface area contributed by atoms with Crippen LogP contribution >= 0.6 is 0 Å². The van der Waals surface area contributed by atoms with Gasteiger partial charge in [-0.1, -0.05) is 68.3 Å². The number of unbranched alkanes of at least 4 members (excludes halogenated alkanes) is 2. The van der Waals surface area contributed by atoms with E-state index in [1.54, 1.807) is 0 Å². The minimum atomic E-state index is -0.0703. The fraction of sp³-hybridized carbons (Fsp3) is 0.286. The molecule has 0 saturated heterocycles. The van der Waals surface area contributed by atoms with Gasteiger partial charge in [-0.3, -0.25) is 0 Å². The quantitative estimate of drug-likeness (QED) is 0.109. The number of aryl methyl sites for hydroxylation is 1. The van der Waals surface area contributed by atoms with E-state index >= 15 is 0 Å². The molecule has 46 heavy (non-hydrogen) atoms. The molecule has 1 saturated carbocycles. The van der Waals surface area contributed by atoms with Gasteiger partial charge in [0.25, 0.3) is 0 Å². The third-order valence-electron chi connectivity index (χ3n) is 9.62. The molecule has 6 rings (SSSR count). The Hall–Kier alpha value is -4.70. The number of nitrogens with two attached hydrogens (primary N) is 2. The maximum atomic E-state index is 6.13. The molecule has 5 aromatic carbocycles. The Labute approximate surface area is 274 Å². The van der Waals surface area contributed by atoms with Crippen molar-refractivity contribution in [2.75, 3.05) is 11.5 Å². The highest BCUT2D eigenvalue weighted by atomic mass is 16.5. The van der Waals surface area contributed by atoms with Crippen LogP contribution in [0.1, 0.15) is 74.1 Å². The molecule has 1 aliphatic carbocycles. The summed E-state index contributed by atoms with van der Waals surface area (Å²) in [5.74, 6) is 3.89. The molecule has 1 aliphatic rings. The van der Waals surface area contributed by atoms with Gasteiger partial charge in [0.05, 0.1) is 0 Å². The van der Waals surface area contributed by atoms with Crippen molar-refractivity contribution in [1.82, 2.24) is 0 Å². The first-order chi connectivity index (χ1) is 22.5. The van der Waals surface area contributed by atoms with Crippen molar-refractivity contribution in [3.63, 3.8) is 0 Å². The molecule has 0 amide bonds. The van der Waals surface area contributed by atoms with Gasteiger partial charge in [-0.15, -0.1) is 0 Å². The molecule has 4 nitrogen and oxygen atoms in total. The fourth-order valence-corrected chi connectivity index (χ4v) is 6.90. The molecule has 0 spiro atoms. The van der Waals surface area contributed by atoms with Crippen LogP contribution in [0.2, 0.25) is 0 Å². The summed E-state index contributed by atoms with van der Waals surface area (Å²) in [7, 11) is 0. The Bertz CT molecular complexity index is 1560. The van der Waals surface area contributed by atoms with E-state index in [0.29, 0.717) is 5.92 Å². The number of hydrogen-bond acceptors (Lipinski definition) is 4. The van der Waals surface area contributed by atoms with E-state index in [1.165, 1.54) is 60.8 Å². The molecule has 4 heteroatoms. The van der Waals surface area contributed by atoms with Gasteiger partial charge in [-0.2, -0.15) is 0 Å². The molecule has 0 bridgehead atoms. The van der Waals surface area contributed by atoms with Crippen LogP contribution in [-0.2, 0) is 18.3 Å². The number of hydrogen-bond donors (Lipinski definition) is 2. The van der Waals surface area contributed by atoms with E-state index in [4.69, 9.17) is 20.9 Å². The number of anilines is 2. The first-order valence-electron chi connectivity index (χ1n) is 16.8. The SMILES string of the molecule is CCCCCc1ccc(CC2CCC(c3ccc(Oc4ccc(N)cc4)cc3)(c3ccc(Oc4ccc(N)cc4)cc3)CC2)cc1. The third-order valence-corrected chi connectivity index (χ3v) is 9.62. The lowest BCUT2D eigenvalue weighted by molar-refractivity contribution is 0.264. The summed E-state index contributed by atoms with van der Waals surface area (Å²) in [5.41, 5.74) is 18.7. The maximum absolute atomic E-state index is 6.13. The number of benzene rings is 5. The lowest BCUT2D eigenvalue weighted by Gasteiger charge is -2.41. The van der Waals surface area contributed by atoms with Crippen LogP contribution in [0.3, 0.4) is 0 Å². The lowest BCUT2D eigenvalue weighted by Crippen LogP contribution is -2.33. The Morgan fingerprint density at radius 2 is 0.957 bits per heavy atom. The summed E-state index contributed by atoms with van der Waals surface area (Å²) in [6, 6.07) is 41.9. The standard InChI is InChI=1S/C42H46N2O2/c1-2-3-4-5-31-6-8-32(9-7-31)30-33-26-28-42(29-27-33,34-10-18-38(19-11-34)45-40-22-14-36(43)15-23-40)35-12-20-39(21-13-35)46-41-24-16-37(44)17-25-41/h6-25,33H,2-5,26-30,43-44H2,1H3. The summed E-state index contributed by atoms with van der Waals surface area (Å²) >= 11 is 0. The van der Waals surface area contributed by atoms with Crippen LogP contribution in [-0.4, -0.2) is 0 Å². The van der Waals surface area contributed by atoms with Gasteiger partial charge in [0, 0.05) is 16.8 Å². The summed E-state index contributed by atoms with van der Waals surface area (Å²) in [5, 5.41) is 0. The second-order valence-electron chi connectivity index (χ2n) is 12.9. The Morgan fingerprint density at radius 1 is 0.543 bits per heavy atom. The first-order valence-corrected chi connectivity index (χ1v) is 16.8. The Morgan fingerprint density at radius 3 is 1.39 bits per heavy atom. The van der Waals surface area contributed by atoms with Gasteiger partial charge in [-0.25, -0.2) is 0 Å². The monoisotopic (exact) mass is 610 g/mol. The van der Waals surface area contributed by atoms with Gasteiger partial charge in [0.1, 0.15) is 23.0 Å². The predicted octanol–water partition coefficient (Wildman–Crippen LogP) is 10.9. The van der Waals surface area contributed by atoms with Crippen molar-refractivity contribution >= 4 is 11.4 Å². The van der Waals surface area contributed by atoms with Gasteiger partial charge >= 0.3 is 0 Å². The first kappa shape index (κ1) is 31.3. The van der Waals surface area contributed by atoms with Crippen molar-refractivity contribution in [3.05, 3.63) is 144 Å². The molecule has 0 atom stereocenters. The molecule has 0 unspecified atom stereocenters. The van der Waals surface area contributed by atoms with E-state index in [0.717, 1.165) is 53.6 Å². The van der Waals surface area contributed by atoms with Gasteiger partial charge in [-0.05, 0) is 146 Å². The minimum absolute atomic E-state index is 0.0703. The van der Waals surface area contributed by atoms with Gasteiger partial charge < -0.3 is 20.9 Å². The summed E-state index contributed by atoms with van der Waals surface area (Å²) in [4.78, 5) is 0.